The summed E-state index contributed by atoms with van der Waals surface area (Å²) in [4.78, 5) is 24.5. The summed E-state index contributed by atoms with van der Waals surface area (Å²) < 4.78 is 10.7. The Morgan fingerprint density at radius 2 is 1.55 bits per heavy atom. The standard InChI is InChI=1S/C18H26O4/c1-6-16(13(4)5)22-18(20)15-10-8-7-9-14(15)17(19)21-11-12(2)3/h7-10,12-13,16H,6,11H2,1-5H3. The maximum absolute atomic E-state index is 12.4. The minimum Gasteiger partial charge on any atom is -0.462 e. The van der Waals surface area contributed by atoms with Crippen LogP contribution < -0.4 is 0 Å². The molecule has 0 aliphatic rings. The van der Waals surface area contributed by atoms with Crippen molar-refractivity contribution in [2.24, 2.45) is 11.8 Å². The van der Waals surface area contributed by atoms with Gasteiger partial charge in [0, 0.05) is 0 Å². The fraction of sp³-hybridized carbons (Fsp3) is 0.556. The first-order valence-corrected chi connectivity index (χ1v) is 7.83. The summed E-state index contributed by atoms with van der Waals surface area (Å²) in [7, 11) is 0. The van der Waals surface area contributed by atoms with E-state index in [9.17, 15) is 9.59 Å². The van der Waals surface area contributed by atoms with E-state index in [1.165, 1.54) is 0 Å². The zero-order valence-electron chi connectivity index (χ0n) is 14.1. The molecule has 0 spiro atoms. The van der Waals surface area contributed by atoms with Crippen LogP contribution in [0.3, 0.4) is 0 Å². The van der Waals surface area contributed by atoms with Gasteiger partial charge in [-0.1, -0.05) is 46.8 Å². The Kier molecular flexibility index (Phi) is 7.09. The van der Waals surface area contributed by atoms with Gasteiger partial charge in [0.2, 0.25) is 0 Å². The number of carbonyl (C=O) groups is 2. The first kappa shape index (κ1) is 18.2. The predicted octanol–water partition coefficient (Wildman–Crippen LogP) is 4.09. The molecule has 0 heterocycles. The van der Waals surface area contributed by atoms with E-state index in [0.29, 0.717) is 6.61 Å². The highest BCUT2D eigenvalue weighted by Crippen LogP contribution is 2.17. The Labute approximate surface area is 132 Å². The van der Waals surface area contributed by atoms with E-state index >= 15 is 0 Å². The van der Waals surface area contributed by atoms with E-state index in [1.54, 1.807) is 24.3 Å². The Morgan fingerprint density at radius 1 is 1.00 bits per heavy atom. The first-order chi connectivity index (χ1) is 10.4. The van der Waals surface area contributed by atoms with Crippen LogP contribution in [0.25, 0.3) is 0 Å². The van der Waals surface area contributed by atoms with Crippen LogP contribution in [0.4, 0.5) is 0 Å². The molecule has 0 aliphatic carbocycles. The van der Waals surface area contributed by atoms with Crippen LogP contribution in [-0.2, 0) is 9.47 Å². The molecule has 0 fully saturated rings. The van der Waals surface area contributed by atoms with Crippen LogP contribution >= 0.6 is 0 Å². The molecule has 22 heavy (non-hydrogen) atoms. The molecule has 1 aromatic carbocycles. The lowest BCUT2D eigenvalue weighted by Crippen LogP contribution is -2.24. The Balaban J connectivity index is 2.91. The lowest BCUT2D eigenvalue weighted by molar-refractivity contribution is 0.0166. The van der Waals surface area contributed by atoms with Crippen molar-refractivity contribution in [2.45, 2.75) is 47.1 Å². The summed E-state index contributed by atoms with van der Waals surface area (Å²) in [6, 6.07) is 6.62. The molecule has 0 N–H and O–H groups in total. The number of rotatable bonds is 7. The lowest BCUT2D eigenvalue weighted by Gasteiger charge is -2.20. The maximum atomic E-state index is 12.4. The molecule has 0 aromatic heterocycles. The third kappa shape index (κ3) is 5.17. The second-order valence-electron chi connectivity index (χ2n) is 6.13. The van der Waals surface area contributed by atoms with Gasteiger partial charge < -0.3 is 9.47 Å². The SMILES string of the molecule is CCC(OC(=O)c1ccccc1C(=O)OCC(C)C)C(C)C. The van der Waals surface area contributed by atoms with Crippen molar-refractivity contribution in [3.05, 3.63) is 35.4 Å². The van der Waals surface area contributed by atoms with Gasteiger partial charge in [0.25, 0.3) is 0 Å². The van der Waals surface area contributed by atoms with Crippen molar-refractivity contribution in [3.8, 4) is 0 Å². The molecule has 122 valence electrons. The zero-order chi connectivity index (χ0) is 16.7. The average molecular weight is 306 g/mol. The third-order valence-electron chi connectivity index (χ3n) is 3.32. The summed E-state index contributed by atoms with van der Waals surface area (Å²) in [5.41, 5.74) is 0.516. The minimum atomic E-state index is -0.487. The topological polar surface area (TPSA) is 52.6 Å². The van der Waals surface area contributed by atoms with Gasteiger partial charge in [-0.25, -0.2) is 9.59 Å². The van der Waals surface area contributed by atoms with E-state index in [1.807, 2.05) is 34.6 Å². The van der Waals surface area contributed by atoms with Gasteiger partial charge in [0.1, 0.15) is 6.10 Å². The van der Waals surface area contributed by atoms with Gasteiger partial charge >= 0.3 is 11.9 Å². The second-order valence-corrected chi connectivity index (χ2v) is 6.13. The van der Waals surface area contributed by atoms with Crippen LogP contribution in [0, 0.1) is 11.8 Å². The van der Waals surface area contributed by atoms with E-state index in [4.69, 9.17) is 9.47 Å². The maximum Gasteiger partial charge on any atom is 0.339 e. The van der Waals surface area contributed by atoms with Crippen LogP contribution in [0.15, 0.2) is 24.3 Å². The fourth-order valence-corrected chi connectivity index (χ4v) is 2.05. The largest absolute Gasteiger partial charge is 0.462 e. The first-order valence-electron chi connectivity index (χ1n) is 7.83. The predicted molar refractivity (Wildman–Crippen MR) is 85.9 cm³/mol. The molecule has 1 rings (SSSR count). The molecular formula is C18H26O4. The average Bonchev–Trinajstić information content (AvgIpc) is 2.49. The monoisotopic (exact) mass is 306 g/mol. The molecule has 0 saturated heterocycles. The Hall–Kier alpha value is -1.84. The smallest absolute Gasteiger partial charge is 0.339 e. The third-order valence-corrected chi connectivity index (χ3v) is 3.32. The van der Waals surface area contributed by atoms with Crippen molar-refractivity contribution >= 4 is 11.9 Å². The lowest BCUT2D eigenvalue weighted by atomic mass is 10.0. The highest BCUT2D eigenvalue weighted by molar-refractivity contribution is 6.03. The molecule has 0 aliphatic heterocycles. The molecule has 0 saturated carbocycles. The number of benzene rings is 1. The molecule has 1 atom stereocenters. The number of carbonyl (C=O) groups excluding carboxylic acids is 2. The van der Waals surface area contributed by atoms with Gasteiger partial charge in [-0.05, 0) is 30.4 Å². The molecule has 4 heteroatoms. The van der Waals surface area contributed by atoms with Crippen LogP contribution in [-0.4, -0.2) is 24.6 Å². The molecular weight excluding hydrogens is 280 g/mol. The van der Waals surface area contributed by atoms with Crippen LogP contribution in [0.1, 0.15) is 61.8 Å². The van der Waals surface area contributed by atoms with Crippen LogP contribution in [0.5, 0.6) is 0 Å². The number of ether oxygens (including phenoxy) is 2. The van der Waals surface area contributed by atoms with Gasteiger partial charge in [0.15, 0.2) is 0 Å². The van der Waals surface area contributed by atoms with Gasteiger partial charge in [-0.2, -0.15) is 0 Å². The molecule has 1 aromatic rings. The van der Waals surface area contributed by atoms with Crippen molar-refractivity contribution < 1.29 is 19.1 Å². The van der Waals surface area contributed by atoms with Crippen molar-refractivity contribution in [3.63, 3.8) is 0 Å². The molecule has 4 nitrogen and oxygen atoms in total. The molecule has 0 amide bonds. The summed E-state index contributed by atoms with van der Waals surface area (Å²) >= 11 is 0. The normalized spacial score (nSPS) is 12.3. The molecule has 0 bridgehead atoms. The second kappa shape index (κ2) is 8.57. The van der Waals surface area contributed by atoms with Crippen molar-refractivity contribution in [2.75, 3.05) is 6.61 Å². The quantitative estimate of drug-likeness (QED) is 0.712. The minimum absolute atomic E-state index is 0.160. The molecule has 0 radical (unpaired) electrons. The van der Waals surface area contributed by atoms with Gasteiger partial charge in [-0.15, -0.1) is 0 Å². The zero-order valence-corrected chi connectivity index (χ0v) is 14.1. The van der Waals surface area contributed by atoms with E-state index in [-0.39, 0.29) is 29.1 Å². The summed E-state index contributed by atoms with van der Waals surface area (Å²) in [5.74, 6) is -0.487. The van der Waals surface area contributed by atoms with Crippen LogP contribution in [0.2, 0.25) is 0 Å². The van der Waals surface area contributed by atoms with E-state index in [2.05, 4.69) is 0 Å². The van der Waals surface area contributed by atoms with Gasteiger partial charge in [-0.3, -0.25) is 0 Å². The van der Waals surface area contributed by atoms with E-state index < -0.39 is 11.9 Å². The number of hydrogen-bond donors (Lipinski definition) is 0. The summed E-state index contributed by atoms with van der Waals surface area (Å²) in [5, 5.41) is 0. The highest BCUT2D eigenvalue weighted by atomic mass is 16.5. The number of esters is 2. The summed E-state index contributed by atoms with van der Waals surface area (Å²) in [6.07, 6.45) is 0.579. The Bertz CT molecular complexity index is 506. The van der Waals surface area contributed by atoms with Crippen molar-refractivity contribution in [1.29, 1.82) is 0 Å². The Morgan fingerprint density at radius 3 is 2.00 bits per heavy atom. The summed E-state index contributed by atoms with van der Waals surface area (Å²) in [6.45, 7) is 10.2. The molecule has 1 unspecified atom stereocenters. The number of hydrogen-bond acceptors (Lipinski definition) is 4. The van der Waals surface area contributed by atoms with Gasteiger partial charge in [0.05, 0.1) is 17.7 Å². The fourth-order valence-electron chi connectivity index (χ4n) is 2.05. The van der Waals surface area contributed by atoms with Crippen molar-refractivity contribution in [1.82, 2.24) is 0 Å². The van der Waals surface area contributed by atoms with E-state index in [0.717, 1.165) is 6.42 Å². The highest BCUT2D eigenvalue weighted by Gasteiger charge is 2.23.